The zero-order chi connectivity index (χ0) is 19.1. The van der Waals surface area contributed by atoms with Crippen LogP contribution in [-0.4, -0.2) is 61.4 Å². The molecule has 3 N–H and O–H groups in total. The molecule has 0 spiro atoms. The van der Waals surface area contributed by atoms with E-state index in [1.165, 1.54) is 6.26 Å². The van der Waals surface area contributed by atoms with Crippen LogP contribution in [0.4, 0.5) is 0 Å². The van der Waals surface area contributed by atoms with E-state index in [9.17, 15) is 14.4 Å². The Bertz CT molecular complexity index is 640. The number of likely N-dealkylation sites (tertiary alicyclic amines) is 1. The van der Waals surface area contributed by atoms with E-state index in [0.29, 0.717) is 13.1 Å². The largest absolute Gasteiger partial charge is 0.459 e. The number of rotatable bonds is 7. The van der Waals surface area contributed by atoms with Gasteiger partial charge < -0.3 is 25.3 Å². The molecule has 2 aliphatic rings. The van der Waals surface area contributed by atoms with Gasteiger partial charge in [0.15, 0.2) is 5.76 Å². The summed E-state index contributed by atoms with van der Waals surface area (Å²) < 4.78 is 5.02. The first-order valence-electron chi connectivity index (χ1n) is 9.74. The minimum absolute atomic E-state index is 0.0308. The van der Waals surface area contributed by atoms with Gasteiger partial charge in [0.05, 0.1) is 12.3 Å². The molecular formula is C19H28N4O4. The lowest BCUT2D eigenvalue weighted by Gasteiger charge is -2.33. The molecule has 1 aromatic rings. The molecule has 0 bridgehead atoms. The third kappa shape index (κ3) is 5.56. The predicted molar refractivity (Wildman–Crippen MR) is 99.0 cm³/mol. The number of hydrogen-bond donors (Lipinski definition) is 3. The summed E-state index contributed by atoms with van der Waals surface area (Å²) in [6, 6.07) is 3.17. The van der Waals surface area contributed by atoms with Gasteiger partial charge in [0.1, 0.15) is 0 Å². The molecule has 0 saturated carbocycles. The Morgan fingerprint density at radius 1 is 1.22 bits per heavy atom. The summed E-state index contributed by atoms with van der Waals surface area (Å²) in [5.74, 6) is 0.311. The van der Waals surface area contributed by atoms with Gasteiger partial charge in [-0.1, -0.05) is 0 Å². The number of nitrogens with zero attached hydrogens (tertiary/aromatic N) is 1. The number of carbonyl (C=O) groups is 3. The van der Waals surface area contributed by atoms with Crippen molar-refractivity contribution in [1.82, 2.24) is 20.9 Å². The van der Waals surface area contributed by atoms with Gasteiger partial charge in [-0.15, -0.1) is 0 Å². The number of carbonyl (C=O) groups excluding carboxylic acids is 3. The van der Waals surface area contributed by atoms with Gasteiger partial charge in [0.2, 0.25) is 11.8 Å². The second-order valence-corrected chi connectivity index (χ2v) is 7.23. The number of amides is 3. The average molecular weight is 376 g/mol. The summed E-state index contributed by atoms with van der Waals surface area (Å²) >= 11 is 0. The molecule has 3 rings (SSSR count). The van der Waals surface area contributed by atoms with Gasteiger partial charge in [-0.3, -0.25) is 14.4 Å². The van der Waals surface area contributed by atoms with Gasteiger partial charge in [0, 0.05) is 32.6 Å². The lowest BCUT2D eigenvalue weighted by molar-refractivity contribution is -0.132. The summed E-state index contributed by atoms with van der Waals surface area (Å²) in [5, 5.41) is 8.91. The Balaban J connectivity index is 1.36. The maximum Gasteiger partial charge on any atom is 0.286 e. The molecule has 2 unspecified atom stereocenters. The highest BCUT2D eigenvalue weighted by Crippen LogP contribution is 2.17. The molecule has 27 heavy (non-hydrogen) atoms. The summed E-state index contributed by atoms with van der Waals surface area (Å²) in [6.45, 7) is 3.18. The topological polar surface area (TPSA) is 104 Å². The van der Waals surface area contributed by atoms with Crippen LogP contribution < -0.4 is 16.0 Å². The molecule has 0 aromatic carbocycles. The molecule has 3 amide bonds. The van der Waals surface area contributed by atoms with Crippen molar-refractivity contribution in [3.05, 3.63) is 24.2 Å². The third-order valence-electron chi connectivity index (χ3n) is 5.18. The van der Waals surface area contributed by atoms with E-state index in [1.54, 1.807) is 12.1 Å². The molecule has 0 radical (unpaired) electrons. The predicted octanol–water partition coefficient (Wildman–Crippen LogP) is 0.506. The van der Waals surface area contributed by atoms with E-state index in [0.717, 1.165) is 38.8 Å². The molecule has 0 aliphatic carbocycles. The Hall–Kier alpha value is -2.35. The van der Waals surface area contributed by atoms with Crippen LogP contribution in [0.5, 0.6) is 0 Å². The van der Waals surface area contributed by atoms with E-state index in [1.807, 2.05) is 4.90 Å². The van der Waals surface area contributed by atoms with Gasteiger partial charge in [0.25, 0.3) is 5.91 Å². The van der Waals surface area contributed by atoms with Gasteiger partial charge in [-0.25, -0.2) is 0 Å². The van der Waals surface area contributed by atoms with Gasteiger partial charge in [-0.2, -0.15) is 0 Å². The lowest BCUT2D eigenvalue weighted by atomic mass is 9.97. The summed E-state index contributed by atoms with van der Waals surface area (Å²) in [5.41, 5.74) is 0. The Morgan fingerprint density at radius 3 is 2.85 bits per heavy atom. The molecule has 1 aromatic heterocycles. The number of furan rings is 1. The molecule has 2 aliphatic heterocycles. The van der Waals surface area contributed by atoms with E-state index < -0.39 is 0 Å². The summed E-state index contributed by atoms with van der Waals surface area (Å²) in [7, 11) is 0. The minimum atomic E-state index is -0.312. The van der Waals surface area contributed by atoms with Crippen molar-refractivity contribution in [3.8, 4) is 0 Å². The normalized spacial score (nSPS) is 22.4. The van der Waals surface area contributed by atoms with Crippen LogP contribution in [0, 0.1) is 5.92 Å². The Morgan fingerprint density at radius 2 is 2.11 bits per heavy atom. The number of piperidine rings is 1. The van der Waals surface area contributed by atoms with Crippen LogP contribution in [0.1, 0.15) is 42.7 Å². The highest BCUT2D eigenvalue weighted by Gasteiger charge is 2.26. The van der Waals surface area contributed by atoms with Crippen LogP contribution in [0.3, 0.4) is 0 Å². The first kappa shape index (κ1) is 19.4. The van der Waals surface area contributed by atoms with E-state index in [-0.39, 0.29) is 48.4 Å². The van der Waals surface area contributed by atoms with Gasteiger partial charge >= 0.3 is 0 Å². The summed E-state index contributed by atoms with van der Waals surface area (Å²) in [4.78, 5) is 38.2. The SMILES string of the molecule is O=C(NCCC(=O)N1CCCC(CNC(=O)C2CCCN2)C1)c1ccco1. The van der Waals surface area contributed by atoms with Crippen molar-refractivity contribution in [2.45, 2.75) is 38.1 Å². The number of nitrogens with one attached hydrogen (secondary N) is 3. The van der Waals surface area contributed by atoms with Gasteiger partial charge in [-0.05, 0) is 50.3 Å². The fourth-order valence-electron chi connectivity index (χ4n) is 3.67. The maximum absolute atomic E-state index is 12.4. The minimum Gasteiger partial charge on any atom is -0.459 e. The molecule has 8 nitrogen and oxygen atoms in total. The molecule has 2 fully saturated rings. The Kier molecular flexibility index (Phi) is 6.86. The van der Waals surface area contributed by atoms with Crippen molar-refractivity contribution in [2.24, 2.45) is 5.92 Å². The average Bonchev–Trinajstić information content (AvgIpc) is 3.40. The fourth-order valence-corrected chi connectivity index (χ4v) is 3.67. The molecular weight excluding hydrogens is 348 g/mol. The maximum atomic E-state index is 12.4. The first-order chi connectivity index (χ1) is 13.1. The second-order valence-electron chi connectivity index (χ2n) is 7.23. The van der Waals surface area contributed by atoms with Crippen LogP contribution in [-0.2, 0) is 9.59 Å². The molecule has 2 atom stereocenters. The van der Waals surface area contributed by atoms with Crippen molar-refractivity contribution in [1.29, 1.82) is 0 Å². The van der Waals surface area contributed by atoms with E-state index >= 15 is 0 Å². The summed E-state index contributed by atoms with van der Waals surface area (Å²) in [6.07, 6.45) is 5.59. The van der Waals surface area contributed by atoms with Crippen molar-refractivity contribution < 1.29 is 18.8 Å². The first-order valence-corrected chi connectivity index (χ1v) is 9.74. The lowest BCUT2D eigenvalue weighted by Crippen LogP contribution is -2.47. The highest BCUT2D eigenvalue weighted by atomic mass is 16.3. The quantitative estimate of drug-likeness (QED) is 0.643. The van der Waals surface area contributed by atoms with E-state index in [4.69, 9.17) is 4.42 Å². The second kappa shape index (κ2) is 9.55. The van der Waals surface area contributed by atoms with Crippen LogP contribution >= 0.6 is 0 Å². The van der Waals surface area contributed by atoms with Crippen molar-refractivity contribution in [3.63, 3.8) is 0 Å². The molecule has 3 heterocycles. The Labute approximate surface area is 159 Å². The monoisotopic (exact) mass is 376 g/mol. The van der Waals surface area contributed by atoms with Crippen molar-refractivity contribution in [2.75, 3.05) is 32.7 Å². The third-order valence-corrected chi connectivity index (χ3v) is 5.18. The number of hydrogen-bond acceptors (Lipinski definition) is 5. The zero-order valence-corrected chi connectivity index (χ0v) is 15.5. The highest BCUT2D eigenvalue weighted by molar-refractivity contribution is 5.91. The van der Waals surface area contributed by atoms with Crippen LogP contribution in [0.2, 0.25) is 0 Å². The molecule has 148 valence electrons. The zero-order valence-electron chi connectivity index (χ0n) is 15.5. The standard InChI is InChI=1S/C19H28N4O4/c24-17(7-9-21-19(26)16-6-3-11-27-16)23-10-2-4-14(13-23)12-22-18(25)15-5-1-8-20-15/h3,6,11,14-15,20H,1-2,4-5,7-10,12-13H2,(H,21,26)(H,22,25). The fraction of sp³-hybridized carbons (Fsp3) is 0.632. The molecule has 8 heteroatoms. The smallest absolute Gasteiger partial charge is 0.286 e. The van der Waals surface area contributed by atoms with Crippen LogP contribution in [0.25, 0.3) is 0 Å². The molecule has 2 saturated heterocycles. The van der Waals surface area contributed by atoms with Crippen molar-refractivity contribution >= 4 is 17.7 Å². The van der Waals surface area contributed by atoms with E-state index in [2.05, 4.69) is 16.0 Å². The van der Waals surface area contributed by atoms with Crippen LogP contribution in [0.15, 0.2) is 22.8 Å².